The Morgan fingerprint density at radius 3 is 2.60 bits per heavy atom. The summed E-state index contributed by atoms with van der Waals surface area (Å²) in [4.78, 5) is 0. The fraction of sp³-hybridized carbons (Fsp3) is 0.500. The van der Waals surface area contributed by atoms with Crippen molar-refractivity contribution in [2.24, 2.45) is 11.7 Å². The molecular weight excluding hydrogens is 254 g/mol. The Hall–Kier alpha value is -0.540. The molecule has 1 aromatic carbocycles. The van der Waals surface area contributed by atoms with Gasteiger partial charge in [-0.2, -0.15) is 0 Å². The number of rotatable bonds is 4. The van der Waals surface area contributed by atoms with Crippen LogP contribution in [0.15, 0.2) is 22.7 Å². The van der Waals surface area contributed by atoms with Crippen LogP contribution in [0.4, 0.5) is 0 Å². The van der Waals surface area contributed by atoms with Crippen LogP contribution in [0.25, 0.3) is 0 Å². The molecule has 0 fully saturated rings. The van der Waals surface area contributed by atoms with Gasteiger partial charge in [0.2, 0.25) is 0 Å². The van der Waals surface area contributed by atoms with Crippen LogP contribution in [0.3, 0.4) is 0 Å². The average molecular weight is 272 g/mol. The molecule has 0 saturated carbocycles. The predicted molar refractivity (Wildman–Crippen MR) is 67.1 cm³/mol. The lowest BCUT2D eigenvalue weighted by Gasteiger charge is -2.17. The molecule has 15 heavy (non-hydrogen) atoms. The highest BCUT2D eigenvalue weighted by molar-refractivity contribution is 9.10. The van der Waals surface area contributed by atoms with E-state index in [1.54, 1.807) is 7.11 Å². The van der Waals surface area contributed by atoms with Crippen LogP contribution in [-0.2, 0) is 0 Å². The van der Waals surface area contributed by atoms with E-state index in [9.17, 15) is 0 Å². The molecule has 0 bridgehead atoms. The van der Waals surface area contributed by atoms with Gasteiger partial charge in [-0.1, -0.05) is 29.8 Å². The fourth-order valence-electron chi connectivity index (χ4n) is 1.63. The lowest BCUT2D eigenvalue weighted by molar-refractivity contribution is 0.399. The summed E-state index contributed by atoms with van der Waals surface area (Å²) in [6.07, 6.45) is 0.965. The van der Waals surface area contributed by atoms with Gasteiger partial charge >= 0.3 is 0 Å². The van der Waals surface area contributed by atoms with E-state index in [1.807, 2.05) is 18.2 Å². The maximum absolute atomic E-state index is 6.14. The van der Waals surface area contributed by atoms with E-state index in [4.69, 9.17) is 10.5 Å². The maximum Gasteiger partial charge on any atom is 0.123 e. The van der Waals surface area contributed by atoms with Crippen LogP contribution >= 0.6 is 15.9 Å². The van der Waals surface area contributed by atoms with Gasteiger partial charge in [0.25, 0.3) is 0 Å². The highest BCUT2D eigenvalue weighted by Gasteiger charge is 2.13. The third kappa shape index (κ3) is 3.50. The number of methoxy groups -OCH3 is 1. The summed E-state index contributed by atoms with van der Waals surface area (Å²) in [5, 5.41) is 0. The van der Waals surface area contributed by atoms with Crippen LogP contribution in [0.1, 0.15) is 31.9 Å². The first-order valence-corrected chi connectivity index (χ1v) is 5.93. The molecule has 0 aromatic heterocycles. The molecule has 0 spiro atoms. The molecule has 1 unspecified atom stereocenters. The van der Waals surface area contributed by atoms with Gasteiger partial charge in [-0.3, -0.25) is 0 Å². The lowest BCUT2D eigenvalue weighted by Crippen LogP contribution is -2.14. The summed E-state index contributed by atoms with van der Waals surface area (Å²) in [6, 6.07) is 5.98. The molecule has 0 amide bonds. The minimum Gasteiger partial charge on any atom is -0.496 e. The van der Waals surface area contributed by atoms with Crippen molar-refractivity contribution in [3.63, 3.8) is 0 Å². The summed E-state index contributed by atoms with van der Waals surface area (Å²) < 4.78 is 6.34. The van der Waals surface area contributed by atoms with Crippen molar-refractivity contribution in [2.75, 3.05) is 7.11 Å². The van der Waals surface area contributed by atoms with E-state index >= 15 is 0 Å². The van der Waals surface area contributed by atoms with Gasteiger partial charge in [-0.05, 0) is 30.5 Å². The molecule has 2 N–H and O–H groups in total. The minimum atomic E-state index is 0.0393. The number of ether oxygens (including phenoxy) is 1. The van der Waals surface area contributed by atoms with Gasteiger partial charge in [-0.15, -0.1) is 0 Å². The molecule has 0 saturated heterocycles. The summed E-state index contributed by atoms with van der Waals surface area (Å²) in [5.74, 6) is 1.45. The minimum absolute atomic E-state index is 0.0393. The molecule has 0 radical (unpaired) electrons. The largest absolute Gasteiger partial charge is 0.496 e. The molecule has 0 aliphatic rings. The Kier molecular flexibility index (Phi) is 4.61. The number of hydrogen-bond acceptors (Lipinski definition) is 2. The zero-order valence-corrected chi connectivity index (χ0v) is 11.0. The molecule has 1 atom stereocenters. The smallest absolute Gasteiger partial charge is 0.123 e. The monoisotopic (exact) mass is 271 g/mol. The zero-order chi connectivity index (χ0) is 11.4. The molecule has 84 valence electrons. The third-order valence-corrected chi connectivity index (χ3v) is 2.81. The Balaban J connectivity index is 2.94. The average Bonchev–Trinajstić information content (AvgIpc) is 2.16. The van der Waals surface area contributed by atoms with Crippen molar-refractivity contribution < 1.29 is 4.74 Å². The molecule has 1 aromatic rings. The fourth-order valence-corrected chi connectivity index (χ4v) is 2.01. The van der Waals surface area contributed by atoms with Crippen molar-refractivity contribution in [2.45, 2.75) is 26.3 Å². The van der Waals surface area contributed by atoms with Crippen LogP contribution in [0, 0.1) is 5.92 Å². The highest BCUT2D eigenvalue weighted by Crippen LogP contribution is 2.30. The second-order valence-electron chi connectivity index (χ2n) is 4.12. The Labute approximate surface area is 99.9 Å². The van der Waals surface area contributed by atoms with Crippen molar-refractivity contribution in [1.82, 2.24) is 0 Å². The third-order valence-electron chi connectivity index (χ3n) is 2.32. The number of benzene rings is 1. The molecule has 0 heterocycles. The van der Waals surface area contributed by atoms with Gasteiger partial charge in [0.15, 0.2) is 0 Å². The van der Waals surface area contributed by atoms with Gasteiger partial charge in [0, 0.05) is 16.1 Å². The van der Waals surface area contributed by atoms with E-state index in [-0.39, 0.29) is 6.04 Å². The topological polar surface area (TPSA) is 35.2 Å². The molecular formula is C12H18BrNO. The highest BCUT2D eigenvalue weighted by atomic mass is 79.9. The van der Waals surface area contributed by atoms with Crippen molar-refractivity contribution in [3.8, 4) is 5.75 Å². The standard InChI is InChI=1S/C12H18BrNO/c1-8(2)6-11(14)10-7-9(13)4-5-12(10)15-3/h4-5,7-8,11H,6,14H2,1-3H3. The molecule has 1 rings (SSSR count). The number of nitrogens with two attached hydrogens (primary N) is 1. The lowest BCUT2D eigenvalue weighted by atomic mass is 9.97. The predicted octanol–water partition coefficient (Wildman–Crippen LogP) is 3.50. The van der Waals surface area contributed by atoms with E-state index in [2.05, 4.69) is 29.8 Å². The van der Waals surface area contributed by atoms with Gasteiger partial charge in [0.05, 0.1) is 7.11 Å². The second-order valence-corrected chi connectivity index (χ2v) is 5.04. The van der Waals surface area contributed by atoms with Crippen molar-refractivity contribution >= 4 is 15.9 Å². The first-order chi connectivity index (χ1) is 7.04. The molecule has 2 nitrogen and oxygen atoms in total. The van der Waals surface area contributed by atoms with Crippen LogP contribution in [-0.4, -0.2) is 7.11 Å². The quantitative estimate of drug-likeness (QED) is 0.910. The normalized spacial score (nSPS) is 12.9. The van der Waals surface area contributed by atoms with Gasteiger partial charge < -0.3 is 10.5 Å². The summed E-state index contributed by atoms with van der Waals surface area (Å²) >= 11 is 3.45. The van der Waals surface area contributed by atoms with E-state index < -0.39 is 0 Å². The first kappa shape index (κ1) is 12.5. The number of halogens is 1. The van der Waals surface area contributed by atoms with Crippen LogP contribution in [0.5, 0.6) is 5.75 Å². The van der Waals surface area contributed by atoms with Crippen LogP contribution in [0.2, 0.25) is 0 Å². The van der Waals surface area contributed by atoms with Crippen molar-refractivity contribution in [3.05, 3.63) is 28.2 Å². The Bertz CT molecular complexity index is 325. The van der Waals surface area contributed by atoms with E-state index in [1.165, 1.54) is 0 Å². The second kappa shape index (κ2) is 5.52. The Morgan fingerprint density at radius 1 is 1.40 bits per heavy atom. The molecule has 3 heteroatoms. The number of hydrogen-bond donors (Lipinski definition) is 1. The van der Waals surface area contributed by atoms with Crippen molar-refractivity contribution in [1.29, 1.82) is 0 Å². The first-order valence-electron chi connectivity index (χ1n) is 5.13. The van der Waals surface area contributed by atoms with E-state index in [0.717, 1.165) is 22.2 Å². The maximum atomic E-state index is 6.14. The van der Waals surface area contributed by atoms with Crippen LogP contribution < -0.4 is 10.5 Å². The Morgan fingerprint density at radius 2 is 2.07 bits per heavy atom. The van der Waals surface area contributed by atoms with Gasteiger partial charge in [-0.25, -0.2) is 0 Å². The summed E-state index contributed by atoms with van der Waals surface area (Å²) in [5.41, 5.74) is 7.21. The summed E-state index contributed by atoms with van der Waals surface area (Å²) in [7, 11) is 1.68. The summed E-state index contributed by atoms with van der Waals surface area (Å²) in [6.45, 7) is 4.34. The van der Waals surface area contributed by atoms with Gasteiger partial charge in [0.1, 0.15) is 5.75 Å². The zero-order valence-electron chi connectivity index (χ0n) is 9.46. The molecule has 0 aliphatic carbocycles. The molecule has 0 aliphatic heterocycles. The van der Waals surface area contributed by atoms with E-state index in [0.29, 0.717) is 5.92 Å². The SMILES string of the molecule is COc1ccc(Br)cc1C(N)CC(C)C.